The molecule has 0 spiro atoms. The summed E-state index contributed by atoms with van der Waals surface area (Å²) in [7, 11) is -4.60. The van der Waals surface area contributed by atoms with Crippen molar-refractivity contribution in [2.24, 2.45) is 5.92 Å². The summed E-state index contributed by atoms with van der Waals surface area (Å²) in [6.45, 7) is 0. The van der Waals surface area contributed by atoms with Gasteiger partial charge < -0.3 is 13.9 Å². The predicted octanol–water partition coefficient (Wildman–Crippen LogP) is 3.16. The molecule has 3 aromatic rings. The second-order valence-electron chi connectivity index (χ2n) is 8.12. The van der Waals surface area contributed by atoms with Crippen LogP contribution in [0.15, 0.2) is 84.9 Å². The quantitative estimate of drug-likeness (QED) is 0.286. The second-order valence-corrected chi connectivity index (χ2v) is 9.38. The Labute approximate surface area is 217 Å². The van der Waals surface area contributed by atoms with Crippen LogP contribution >= 0.6 is 7.82 Å². The molecule has 0 amide bonds. The van der Waals surface area contributed by atoms with Gasteiger partial charge in [-0.05, 0) is 60.7 Å². The van der Waals surface area contributed by atoms with E-state index in [4.69, 9.17) is 9.05 Å². The Bertz CT molecular complexity index is 1070. The van der Waals surface area contributed by atoms with Gasteiger partial charge in [0.05, 0.1) is 5.92 Å². The number of Topliss-reactive ketones (excluding diaryl/α,β-unsaturated/α-hetero) is 1. The predicted molar refractivity (Wildman–Crippen MR) is 122 cm³/mol. The fourth-order valence-electron chi connectivity index (χ4n) is 4.38. The molecule has 5 nitrogen and oxygen atoms in total. The van der Waals surface area contributed by atoms with Crippen molar-refractivity contribution < 1.29 is 52.9 Å². The number of rotatable bonds is 8. The molecule has 33 heavy (non-hydrogen) atoms. The van der Waals surface area contributed by atoms with Gasteiger partial charge in [-0.3, -0.25) is 4.79 Å². The van der Waals surface area contributed by atoms with Crippen LogP contribution in [0.5, 0.6) is 11.5 Å². The van der Waals surface area contributed by atoms with Crippen molar-refractivity contribution >= 4 is 13.6 Å². The van der Waals surface area contributed by atoms with Gasteiger partial charge in [-0.2, -0.15) is 0 Å². The van der Waals surface area contributed by atoms with Crippen molar-refractivity contribution in [2.75, 3.05) is 0 Å². The standard InChI is InChI=1S/C26H27O5P.Na/c27-26(25(20-10-4-1-5-11-20)21-12-6-2-7-13-21)22-16-18-24(19-17-22)31-32(28,29)30-23-14-8-3-9-15-23;/h1,3-5,8-11,14-19,21,25H,2,6-7,12-13H2,(H,28,29);/q;+1/p-1. The molecule has 0 bridgehead atoms. The van der Waals surface area contributed by atoms with E-state index in [9.17, 15) is 14.3 Å². The molecule has 166 valence electrons. The second kappa shape index (κ2) is 12.0. The molecule has 0 aromatic heterocycles. The van der Waals surface area contributed by atoms with E-state index >= 15 is 0 Å². The Morgan fingerprint density at radius 2 is 1.30 bits per heavy atom. The Hall–Kier alpha value is -1.88. The van der Waals surface area contributed by atoms with Crippen LogP contribution in [0, 0.1) is 5.92 Å². The molecule has 7 heteroatoms. The summed E-state index contributed by atoms with van der Waals surface area (Å²) in [6, 6.07) is 24.3. The number of phosphoric ester groups is 1. The van der Waals surface area contributed by atoms with Gasteiger partial charge in [0.1, 0.15) is 11.5 Å². The Kier molecular flexibility index (Phi) is 9.37. The monoisotopic (exact) mass is 472 g/mol. The molecule has 1 aliphatic carbocycles. The molecule has 1 saturated carbocycles. The maximum absolute atomic E-state index is 13.5. The topological polar surface area (TPSA) is 75.7 Å². The Balaban J connectivity index is 0.00000306. The van der Waals surface area contributed by atoms with E-state index in [0.29, 0.717) is 11.5 Å². The fraction of sp³-hybridized carbons (Fsp3) is 0.269. The summed E-state index contributed by atoms with van der Waals surface area (Å²) in [5.41, 5.74) is 1.58. The van der Waals surface area contributed by atoms with Gasteiger partial charge in [-0.1, -0.05) is 67.8 Å². The van der Waals surface area contributed by atoms with E-state index in [2.05, 4.69) is 0 Å². The van der Waals surface area contributed by atoms with Gasteiger partial charge in [-0.15, -0.1) is 0 Å². The number of carbonyl (C=O) groups excluding carboxylic acids is 1. The van der Waals surface area contributed by atoms with Crippen LogP contribution < -0.4 is 43.5 Å². The number of hydrogen-bond donors (Lipinski definition) is 0. The Morgan fingerprint density at radius 3 is 1.88 bits per heavy atom. The summed E-state index contributed by atoms with van der Waals surface area (Å²) in [6.07, 6.45) is 5.60. The fourth-order valence-corrected chi connectivity index (χ4v) is 5.18. The van der Waals surface area contributed by atoms with Crippen LogP contribution in [0.4, 0.5) is 0 Å². The van der Waals surface area contributed by atoms with Gasteiger partial charge in [0.25, 0.3) is 0 Å². The normalized spacial score (nSPS) is 16.6. The first kappa shape index (κ1) is 25.7. The number of carbonyl (C=O) groups is 1. The third-order valence-corrected chi connectivity index (χ3v) is 6.75. The van der Waals surface area contributed by atoms with Crippen molar-refractivity contribution in [2.45, 2.75) is 38.0 Å². The van der Waals surface area contributed by atoms with E-state index in [1.807, 2.05) is 30.3 Å². The van der Waals surface area contributed by atoms with Crippen LogP contribution in [-0.4, -0.2) is 5.78 Å². The first-order valence-electron chi connectivity index (χ1n) is 11.0. The summed E-state index contributed by atoms with van der Waals surface area (Å²) >= 11 is 0. The van der Waals surface area contributed by atoms with Gasteiger partial charge >= 0.3 is 37.4 Å². The molecule has 4 rings (SSSR count). The molecule has 1 aliphatic rings. The van der Waals surface area contributed by atoms with E-state index in [1.54, 1.807) is 30.3 Å². The minimum Gasteiger partial charge on any atom is -0.736 e. The number of para-hydroxylation sites is 1. The molecular formula is C26H26NaO5P. The van der Waals surface area contributed by atoms with Crippen LogP contribution in [0.1, 0.15) is 53.9 Å². The summed E-state index contributed by atoms with van der Waals surface area (Å²) in [5, 5.41) is 0. The number of hydrogen-bond acceptors (Lipinski definition) is 5. The number of phosphoric acid groups is 1. The van der Waals surface area contributed by atoms with E-state index in [-0.39, 0.29) is 52.8 Å². The largest absolute Gasteiger partial charge is 1.00 e. The zero-order chi connectivity index (χ0) is 22.4. The van der Waals surface area contributed by atoms with Crippen molar-refractivity contribution in [3.8, 4) is 11.5 Å². The van der Waals surface area contributed by atoms with Crippen LogP contribution in [0.25, 0.3) is 0 Å². The molecule has 0 heterocycles. The zero-order valence-electron chi connectivity index (χ0n) is 18.8. The van der Waals surface area contributed by atoms with Crippen LogP contribution in [0.2, 0.25) is 0 Å². The van der Waals surface area contributed by atoms with Gasteiger partial charge in [0, 0.05) is 5.56 Å². The van der Waals surface area contributed by atoms with Crippen molar-refractivity contribution in [1.82, 2.24) is 0 Å². The van der Waals surface area contributed by atoms with Gasteiger partial charge in [0.15, 0.2) is 5.78 Å². The van der Waals surface area contributed by atoms with E-state index in [1.165, 1.54) is 30.7 Å². The summed E-state index contributed by atoms with van der Waals surface area (Å²) in [5.74, 6) is 0.451. The third kappa shape index (κ3) is 7.05. The van der Waals surface area contributed by atoms with Gasteiger partial charge in [0.2, 0.25) is 0 Å². The van der Waals surface area contributed by atoms with Gasteiger partial charge in [-0.25, -0.2) is 4.57 Å². The van der Waals surface area contributed by atoms with Crippen LogP contribution in [-0.2, 0) is 4.57 Å². The molecule has 0 N–H and O–H groups in total. The summed E-state index contributed by atoms with van der Waals surface area (Å²) in [4.78, 5) is 25.7. The zero-order valence-corrected chi connectivity index (χ0v) is 21.7. The van der Waals surface area contributed by atoms with Crippen molar-refractivity contribution in [3.63, 3.8) is 0 Å². The molecule has 2 atom stereocenters. The van der Waals surface area contributed by atoms with Crippen molar-refractivity contribution in [1.29, 1.82) is 0 Å². The average Bonchev–Trinajstić information content (AvgIpc) is 2.81. The molecular weight excluding hydrogens is 446 g/mol. The molecule has 3 aromatic carbocycles. The SMILES string of the molecule is O=C(c1ccc(OP(=O)([O-])Oc2ccccc2)cc1)C(c1ccccc1)C1CCCCC1.[Na+]. The van der Waals surface area contributed by atoms with E-state index in [0.717, 1.165) is 31.2 Å². The van der Waals surface area contributed by atoms with E-state index < -0.39 is 7.82 Å². The average molecular weight is 472 g/mol. The smallest absolute Gasteiger partial charge is 0.736 e. The molecule has 1 fully saturated rings. The van der Waals surface area contributed by atoms with Crippen molar-refractivity contribution in [3.05, 3.63) is 96.1 Å². The first-order chi connectivity index (χ1) is 15.5. The minimum atomic E-state index is -4.60. The molecule has 0 aliphatic heterocycles. The minimum absolute atomic E-state index is 0. The number of ketones is 1. The Morgan fingerprint density at radius 1 is 0.788 bits per heavy atom. The maximum Gasteiger partial charge on any atom is 1.00 e. The van der Waals surface area contributed by atoms with Crippen LogP contribution in [0.3, 0.4) is 0 Å². The third-order valence-electron chi connectivity index (χ3n) is 5.88. The summed E-state index contributed by atoms with van der Waals surface area (Å²) < 4.78 is 22.2. The molecule has 2 unspecified atom stereocenters. The maximum atomic E-state index is 13.5. The first-order valence-corrected chi connectivity index (χ1v) is 12.4. The molecule has 0 radical (unpaired) electrons. The number of benzene rings is 3. The molecule has 0 saturated heterocycles.